The first-order chi connectivity index (χ1) is 8.20. The molecule has 0 aromatic carbocycles. The van der Waals surface area contributed by atoms with E-state index >= 15 is 0 Å². The molecule has 1 aliphatic heterocycles. The van der Waals surface area contributed by atoms with Crippen molar-refractivity contribution in [3.8, 4) is 0 Å². The van der Waals surface area contributed by atoms with Gasteiger partial charge in [0.25, 0.3) is 0 Å². The van der Waals surface area contributed by atoms with E-state index in [1.165, 1.54) is 6.42 Å². The highest BCUT2D eigenvalue weighted by Crippen LogP contribution is 2.46. The molecular formula is C15H29NO2. The number of methoxy groups -OCH3 is 1. The molecule has 18 heavy (non-hydrogen) atoms. The fraction of sp³-hybridized carbons (Fsp3) is 1.00. The van der Waals surface area contributed by atoms with Crippen LogP contribution in [0.2, 0.25) is 0 Å². The zero-order valence-corrected chi connectivity index (χ0v) is 12.6. The molecule has 2 fully saturated rings. The summed E-state index contributed by atoms with van der Waals surface area (Å²) < 4.78 is 11.9. The number of ether oxygens (including phenoxy) is 2. The summed E-state index contributed by atoms with van der Waals surface area (Å²) in [5.41, 5.74) is 6.37. The van der Waals surface area contributed by atoms with Crippen LogP contribution in [0.25, 0.3) is 0 Å². The molecule has 2 N–H and O–H groups in total. The minimum Gasteiger partial charge on any atom is -0.378 e. The Bertz CT molecular complexity index is 302. The van der Waals surface area contributed by atoms with Gasteiger partial charge < -0.3 is 15.2 Å². The normalized spacial score (nSPS) is 34.0. The van der Waals surface area contributed by atoms with Gasteiger partial charge in [-0.2, -0.15) is 0 Å². The van der Waals surface area contributed by atoms with Crippen LogP contribution < -0.4 is 5.73 Å². The fourth-order valence-corrected chi connectivity index (χ4v) is 3.91. The summed E-state index contributed by atoms with van der Waals surface area (Å²) in [4.78, 5) is 0. The molecule has 0 bridgehead atoms. The first-order valence-corrected chi connectivity index (χ1v) is 7.21. The molecule has 0 aromatic heterocycles. The van der Waals surface area contributed by atoms with E-state index in [-0.39, 0.29) is 22.8 Å². The zero-order valence-electron chi connectivity index (χ0n) is 12.6. The Morgan fingerprint density at radius 2 is 1.89 bits per heavy atom. The van der Waals surface area contributed by atoms with Crippen LogP contribution >= 0.6 is 0 Å². The zero-order chi connectivity index (χ0) is 13.6. The van der Waals surface area contributed by atoms with E-state index in [0.717, 1.165) is 25.7 Å². The molecule has 2 atom stereocenters. The van der Waals surface area contributed by atoms with E-state index < -0.39 is 0 Å². The van der Waals surface area contributed by atoms with E-state index in [1.807, 2.05) is 7.11 Å². The van der Waals surface area contributed by atoms with E-state index in [9.17, 15) is 0 Å². The van der Waals surface area contributed by atoms with Crippen molar-refractivity contribution in [3.63, 3.8) is 0 Å². The predicted molar refractivity (Wildman–Crippen MR) is 73.5 cm³/mol. The standard InChI is InChI=1S/C15H29NO2/c1-13(2)9-11(14(3,4)18-13)12(16)10-15(17-5)7-6-8-15/h11-12H,6-10,16H2,1-5H3. The molecule has 0 aromatic rings. The lowest BCUT2D eigenvalue weighted by Gasteiger charge is -2.44. The Hall–Kier alpha value is -0.120. The Balaban J connectivity index is 2.03. The first-order valence-electron chi connectivity index (χ1n) is 7.21. The molecule has 0 spiro atoms. The smallest absolute Gasteiger partial charge is 0.0693 e. The topological polar surface area (TPSA) is 44.5 Å². The van der Waals surface area contributed by atoms with Crippen LogP contribution in [-0.2, 0) is 9.47 Å². The number of rotatable bonds is 4. The molecule has 1 saturated carbocycles. The summed E-state index contributed by atoms with van der Waals surface area (Å²) >= 11 is 0. The first kappa shape index (κ1) is 14.3. The van der Waals surface area contributed by atoms with Gasteiger partial charge in [-0.25, -0.2) is 0 Å². The highest BCUT2D eigenvalue weighted by Gasteiger charge is 2.50. The highest BCUT2D eigenvalue weighted by molar-refractivity contribution is 5.02. The van der Waals surface area contributed by atoms with Gasteiger partial charge in [-0.15, -0.1) is 0 Å². The van der Waals surface area contributed by atoms with E-state index in [4.69, 9.17) is 15.2 Å². The number of hydrogen-bond donors (Lipinski definition) is 1. The summed E-state index contributed by atoms with van der Waals surface area (Å²) in [5, 5.41) is 0. The molecule has 3 heteroatoms. The third-order valence-corrected chi connectivity index (χ3v) is 4.97. The lowest BCUT2D eigenvalue weighted by Crippen LogP contribution is -2.49. The van der Waals surface area contributed by atoms with Gasteiger partial charge in [0.15, 0.2) is 0 Å². The Morgan fingerprint density at radius 1 is 1.28 bits per heavy atom. The molecule has 0 amide bonds. The second kappa shape index (κ2) is 4.46. The van der Waals surface area contributed by atoms with Crippen LogP contribution in [0.4, 0.5) is 0 Å². The summed E-state index contributed by atoms with van der Waals surface area (Å²) in [6, 6.07) is 0.169. The Labute approximate surface area is 111 Å². The summed E-state index contributed by atoms with van der Waals surface area (Å²) in [6.45, 7) is 8.67. The highest BCUT2D eigenvalue weighted by atomic mass is 16.5. The Kier molecular flexibility index (Phi) is 3.54. The van der Waals surface area contributed by atoms with Crippen molar-refractivity contribution >= 4 is 0 Å². The second-order valence-corrected chi connectivity index (χ2v) is 7.38. The number of nitrogens with two attached hydrogens (primary N) is 1. The Morgan fingerprint density at radius 3 is 2.22 bits per heavy atom. The van der Waals surface area contributed by atoms with Crippen LogP contribution in [0.1, 0.15) is 59.8 Å². The van der Waals surface area contributed by atoms with Crippen LogP contribution in [0.3, 0.4) is 0 Å². The van der Waals surface area contributed by atoms with Crippen LogP contribution in [0, 0.1) is 5.92 Å². The minimum absolute atomic E-state index is 0.0500. The molecule has 0 radical (unpaired) electrons. The van der Waals surface area contributed by atoms with Crippen molar-refractivity contribution in [2.24, 2.45) is 11.7 Å². The summed E-state index contributed by atoms with van der Waals surface area (Å²) in [6.07, 6.45) is 5.61. The van der Waals surface area contributed by atoms with Crippen molar-refractivity contribution < 1.29 is 9.47 Å². The lowest BCUT2D eigenvalue weighted by atomic mass is 9.71. The summed E-state index contributed by atoms with van der Waals surface area (Å²) in [5.74, 6) is 0.417. The molecule has 2 aliphatic rings. The minimum atomic E-state index is -0.123. The molecule has 3 nitrogen and oxygen atoms in total. The molecule has 2 unspecified atom stereocenters. The van der Waals surface area contributed by atoms with Crippen molar-refractivity contribution in [3.05, 3.63) is 0 Å². The van der Waals surface area contributed by atoms with E-state index in [1.54, 1.807) is 0 Å². The largest absolute Gasteiger partial charge is 0.378 e. The van der Waals surface area contributed by atoms with Gasteiger partial charge in [0.1, 0.15) is 0 Å². The van der Waals surface area contributed by atoms with Crippen LogP contribution in [0.5, 0.6) is 0 Å². The monoisotopic (exact) mass is 255 g/mol. The van der Waals surface area contributed by atoms with Gasteiger partial charge in [0.2, 0.25) is 0 Å². The van der Waals surface area contributed by atoms with Crippen LogP contribution in [-0.4, -0.2) is 30.0 Å². The van der Waals surface area contributed by atoms with Gasteiger partial charge in [0, 0.05) is 19.1 Å². The molecule has 1 saturated heterocycles. The predicted octanol–water partition coefficient (Wildman–Crippen LogP) is 2.87. The summed E-state index contributed by atoms with van der Waals surface area (Å²) in [7, 11) is 1.83. The van der Waals surface area contributed by atoms with Crippen molar-refractivity contribution in [2.75, 3.05) is 7.11 Å². The maximum absolute atomic E-state index is 6.49. The molecular weight excluding hydrogens is 226 g/mol. The molecule has 1 aliphatic carbocycles. The van der Waals surface area contributed by atoms with Gasteiger partial charge in [-0.05, 0) is 59.8 Å². The fourth-order valence-electron chi connectivity index (χ4n) is 3.91. The molecule has 2 rings (SSSR count). The average Bonchev–Trinajstić information content (AvgIpc) is 2.40. The lowest BCUT2D eigenvalue weighted by molar-refractivity contribution is -0.0973. The van der Waals surface area contributed by atoms with Gasteiger partial charge in [-0.1, -0.05) is 0 Å². The van der Waals surface area contributed by atoms with Gasteiger partial charge in [-0.3, -0.25) is 0 Å². The maximum Gasteiger partial charge on any atom is 0.0693 e. The SMILES string of the molecule is COC1(CC(N)C2CC(C)(C)OC2(C)C)CCC1. The number of hydrogen-bond acceptors (Lipinski definition) is 3. The average molecular weight is 255 g/mol. The molecule has 106 valence electrons. The van der Waals surface area contributed by atoms with Crippen molar-refractivity contribution in [1.82, 2.24) is 0 Å². The van der Waals surface area contributed by atoms with E-state index in [0.29, 0.717) is 5.92 Å². The van der Waals surface area contributed by atoms with Gasteiger partial charge in [0.05, 0.1) is 16.8 Å². The molecule has 1 heterocycles. The third-order valence-electron chi connectivity index (χ3n) is 4.97. The van der Waals surface area contributed by atoms with Crippen LogP contribution in [0.15, 0.2) is 0 Å². The van der Waals surface area contributed by atoms with Gasteiger partial charge >= 0.3 is 0 Å². The van der Waals surface area contributed by atoms with E-state index in [2.05, 4.69) is 27.7 Å². The quantitative estimate of drug-likeness (QED) is 0.840. The van der Waals surface area contributed by atoms with Crippen molar-refractivity contribution in [1.29, 1.82) is 0 Å². The second-order valence-electron chi connectivity index (χ2n) is 7.38. The maximum atomic E-state index is 6.49. The third kappa shape index (κ3) is 2.59. The van der Waals surface area contributed by atoms with Crippen molar-refractivity contribution in [2.45, 2.75) is 82.6 Å².